The molecule has 5 heteroatoms. The van der Waals surface area contributed by atoms with Crippen molar-refractivity contribution in [3.05, 3.63) is 106 Å². The standard InChI is InChI=1S/C24H21ClN2O2/c1-16-12-13-21(17(2)14-16)26-24(29)22(15-19-10-6-7-11-20(19)25)27-23(28)18-8-4-3-5-9-18/h3-15H,1-2H3,(H,26,29)(H,27,28)/b22-15+. The van der Waals surface area contributed by atoms with E-state index in [0.29, 0.717) is 21.8 Å². The van der Waals surface area contributed by atoms with Crippen LogP contribution in [-0.2, 0) is 4.79 Å². The Morgan fingerprint density at radius 2 is 1.59 bits per heavy atom. The molecule has 0 aliphatic heterocycles. The van der Waals surface area contributed by atoms with Crippen molar-refractivity contribution in [2.24, 2.45) is 0 Å². The average Bonchev–Trinajstić information content (AvgIpc) is 2.71. The number of halogens is 1. The fraction of sp³-hybridized carbons (Fsp3) is 0.0833. The molecule has 146 valence electrons. The zero-order valence-corrected chi connectivity index (χ0v) is 17.0. The summed E-state index contributed by atoms with van der Waals surface area (Å²) in [6, 6.07) is 21.6. The van der Waals surface area contributed by atoms with Gasteiger partial charge in [0, 0.05) is 16.3 Å². The Hall–Kier alpha value is -3.37. The van der Waals surface area contributed by atoms with Crippen molar-refractivity contribution in [3.8, 4) is 0 Å². The van der Waals surface area contributed by atoms with Crippen molar-refractivity contribution in [1.82, 2.24) is 5.32 Å². The number of rotatable bonds is 5. The molecule has 29 heavy (non-hydrogen) atoms. The van der Waals surface area contributed by atoms with Crippen LogP contribution in [0.4, 0.5) is 5.69 Å². The minimum atomic E-state index is -0.429. The monoisotopic (exact) mass is 404 g/mol. The summed E-state index contributed by atoms with van der Waals surface area (Å²) in [7, 11) is 0. The maximum absolute atomic E-state index is 13.0. The lowest BCUT2D eigenvalue weighted by Crippen LogP contribution is -2.30. The number of nitrogens with one attached hydrogen (secondary N) is 2. The molecule has 0 radical (unpaired) electrons. The number of hydrogen-bond donors (Lipinski definition) is 2. The van der Waals surface area contributed by atoms with Gasteiger partial charge in [0.05, 0.1) is 0 Å². The van der Waals surface area contributed by atoms with E-state index < -0.39 is 5.91 Å². The molecule has 0 atom stereocenters. The van der Waals surface area contributed by atoms with Gasteiger partial charge in [-0.25, -0.2) is 0 Å². The zero-order chi connectivity index (χ0) is 20.8. The summed E-state index contributed by atoms with van der Waals surface area (Å²) in [5, 5.41) is 6.06. The smallest absolute Gasteiger partial charge is 0.272 e. The van der Waals surface area contributed by atoms with Crippen molar-refractivity contribution in [2.45, 2.75) is 13.8 Å². The van der Waals surface area contributed by atoms with E-state index >= 15 is 0 Å². The summed E-state index contributed by atoms with van der Waals surface area (Å²) in [6.45, 7) is 3.91. The molecule has 2 amide bonds. The van der Waals surface area contributed by atoms with Crippen LogP contribution in [0.15, 0.2) is 78.5 Å². The van der Waals surface area contributed by atoms with Crippen LogP contribution in [0.25, 0.3) is 6.08 Å². The second-order valence-corrected chi connectivity index (χ2v) is 7.08. The largest absolute Gasteiger partial charge is 0.320 e. The molecule has 0 fully saturated rings. The Bertz CT molecular complexity index is 1080. The van der Waals surface area contributed by atoms with E-state index in [1.807, 2.05) is 44.2 Å². The molecule has 0 saturated heterocycles. The lowest BCUT2D eigenvalue weighted by Gasteiger charge is -2.13. The van der Waals surface area contributed by atoms with Crippen LogP contribution >= 0.6 is 11.6 Å². The summed E-state index contributed by atoms with van der Waals surface area (Å²) in [6.07, 6.45) is 1.57. The number of aryl methyl sites for hydroxylation is 2. The van der Waals surface area contributed by atoms with Gasteiger partial charge in [0.25, 0.3) is 11.8 Å². The Labute approximate surface area is 175 Å². The Balaban J connectivity index is 1.92. The maximum atomic E-state index is 13.0. The number of carbonyl (C=O) groups excluding carboxylic acids is 2. The second-order valence-electron chi connectivity index (χ2n) is 6.67. The molecule has 0 unspecified atom stereocenters. The molecule has 0 spiro atoms. The van der Waals surface area contributed by atoms with Crippen molar-refractivity contribution in [1.29, 1.82) is 0 Å². The highest BCUT2D eigenvalue weighted by Crippen LogP contribution is 2.20. The molecule has 0 saturated carbocycles. The first kappa shape index (κ1) is 20.4. The topological polar surface area (TPSA) is 58.2 Å². The lowest BCUT2D eigenvalue weighted by atomic mass is 10.1. The highest BCUT2D eigenvalue weighted by molar-refractivity contribution is 6.32. The van der Waals surface area contributed by atoms with Crippen LogP contribution in [0, 0.1) is 13.8 Å². The van der Waals surface area contributed by atoms with Gasteiger partial charge in [-0.3, -0.25) is 9.59 Å². The number of anilines is 1. The number of carbonyl (C=O) groups is 2. The predicted octanol–water partition coefficient (Wildman–Crippen LogP) is 5.37. The summed E-state index contributed by atoms with van der Waals surface area (Å²) >= 11 is 6.24. The molecule has 0 bridgehead atoms. The minimum Gasteiger partial charge on any atom is -0.320 e. The second kappa shape index (κ2) is 9.22. The SMILES string of the molecule is Cc1ccc(NC(=O)/C(=C\c2ccccc2Cl)NC(=O)c2ccccc2)c(C)c1. The Morgan fingerprint density at radius 3 is 2.28 bits per heavy atom. The van der Waals surface area contributed by atoms with Crippen LogP contribution in [0.1, 0.15) is 27.0 Å². The van der Waals surface area contributed by atoms with E-state index in [9.17, 15) is 9.59 Å². The fourth-order valence-electron chi connectivity index (χ4n) is 2.83. The molecule has 4 nitrogen and oxygen atoms in total. The van der Waals surface area contributed by atoms with Gasteiger partial charge in [-0.2, -0.15) is 0 Å². The van der Waals surface area contributed by atoms with E-state index in [1.165, 1.54) is 0 Å². The number of amides is 2. The van der Waals surface area contributed by atoms with Gasteiger partial charge in [0.2, 0.25) is 0 Å². The van der Waals surface area contributed by atoms with Gasteiger partial charge >= 0.3 is 0 Å². The van der Waals surface area contributed by atoms with Gasteiger partial charge in [-0.15, -0.1) is 0 Å². The first-order valence-electron chi connectivity index (χ1n) is 9.15. The van der Waals surface area contributed by atoms with Crippen LogP contribution in [0.5, 0.6) is 0 Å². The quantitative estimate of drug-likeness (QED) is 0.562. The van der Waals surface area contributed by atoms with Crippen LogP contribution in [-0.4, -0.2) is 11.8 Å². The lowest BCUT2D eigenvalue weighted by molar-refractivity contribution is -0.113. The molecule has 0 aromatic heterocycles. The fourth-order valence-corrected chi connectivity index (χ4v) is 3.02. The summed E-state index contributed by atoms with van der Waals surface area (Å²) < 4.78 is 0. The Kier molecular flexibility index (Phi) is 6.47. The molecule has 0 heterocycles. The molecule has 3 aromatic rings. The normalized spacial score (nSPS) is 11.1. The van der Waals surface area contributed by atoms with Crippen LogP contribution in [0.3, 0.4) is 0 Å². The summed E-state index contributed by atoms with van der Waals surface area (Å²) in [5.74, 6) is -0.805. The van der Waals surface area contributed by atoms with E-state index in [1.54, 1.807) is 48.5 Å². The van der Waals surface area contributed by atoms with Crippen LogP contribution < -0.4 is 10.6 Å². The van der Waals surface area contributed by atoms with Gasteiger partial charge < -0.3 is 10.6 Å². The maximum Gasteiger partial charge on any atom is 0.272 e. The highest BCUT2D eigenvalue weighted by atomic mass is 35.5. The molecule has 0 aliphatic carbocycles. The molecule has 3 rings (SSSR count). The highest BCUT2D eigenvalue weighted by Gasteiger charge is 2.16. The third-order valence-electron chi connectivity index (χ3n) is 4.36. The molecular weight excluding hydrogens is 384 g/mol. The minimum absolute atomic E-state index is 0.104. The first-order valence-corrected chi connectivity index (χ1v) is 9.53. The molecular formula is C24H21ClN2O2. The van der Waals surface area contributed by atoms with Gasteiger partial charge in [0.1, 0.15) is 5.70 Å². The first-order chi connectivity index (χ1) is 13.9. The van der Waals surface area contributed by atoms with E-state index in [4.69, 9.17) is 11.6 Å². The molecule has 0 aliphatic rings. The summed E-state index contributed by atoms with van der Waals surface area (Å²) in [5.41, 5.74) is 3.91. The average molecular weight is 405 g/mol. The molecule has 2 N–H and O–H groups in total. The van der Waals surface area contributed by atoms with Crippen molar-refractivity contribution >= 4 is 35.2 Å². The third kappa shape index (κ3) is 5.33. The van der Waals surface area contributed by atoms with Crippen molar-refractivity contribution < 1.29 is 9.59 Å². The predicted molar refractivity (Wildman–Crippen MR) is 118 cm³/mol. The van der Waals surface area contributed by atoms with E-state index in [-0.39, 0.29) is 11.6 Å². The summed E-state index contributed by atoms with van der Waals surface area (Å²) in [4.78, 5) is 25.6. The van der Waals surface area contributed by atoms with Gasteiger partial charge in [0.15, 0.2) is 0 Å². The zero-order valence-electron chi connectivity index (χ0n) is 16.2. The number of benzene rings is 3. The Morgan fingerprint density at radius 1 is 0.897 bits per heavy atom. The van der Waals surface area contributed by atoms with E-state index in [0.717, 1.165) is 11.1 Å². The van der Waals surface area contributed by atoms with Crippen molar-refractivity contribution in [3.63, 3.8) is 0 Å². The third-order valence-corrected chi connectivity index (χ3v) is 4.71. The number of hydrogen-bond acceptors (Lipinski definition) is 2. The molecule has 3 aromatic carbocycles. The van der Waals surface area contributed by atoms with Gasteiger partial charge in [-0.1, -0.05) is 65.7 Å². The van der Waals surface area contributed by atoms with Crippen LogP contribution in [0.2, 0.25) is 5.02 Å². The van der Waals surface area contributed by atoms with Gasteiger partial charge in [-0.05, 0) is 55.3 Å². The van der Waals surface area contributed by atoms with Crippen molar-refractivity contribution in [2.75, 3.05) is 5.32 Å². The van der Waals surface area contributed by atoms with E-state index in [2.05, 4.69) is 10.6 Å².